The van der Waals surface area contributed by atoms with Crippen LogP contribution < -0.4 is 9.47 Å². The van der Waals surface area contributed by atoms with Crippen molar-refractivity contribution in [1.82, 2.24) is 0 Å². The quantitative estimate of drug-likeness (QED) is 0.874. The van der Waals surface area contributed by atoms with Gasteiger partial charge in [-0.1, -0.05) is 25.8 Å². The zero-order valence-corrected chi connectivity index (χ0v) is 13.2. The lowest BCUT2D eigenvalue weighted by molar-refractivity contribution is -0.0322. The molecule has 0 amide bonds. The Hall–Kier alpha value is -1.26. The number of ether oxygens (including phenoxy) is 3. The molecule has 4 nitrogen and oxygen atoms in total. The SMILES string of the molecule is COc1ccc(C(O)COC2CCCC(C)C2)cc1OC. The number of hydrogen-bond acceptors (Lipinski definition) is 4. The fourth-order valence-electron chi connectivity index (χ4n) is 2.91. The highest BCUT2D eigenvalue weighted by Crippen LogP contribution is 2.31. The summed E-state index contributed by atoms with van der Waals surface area (Å²) in [5.41, 5.74) is 0.788. The highest BCUT2D eigenvalue weighted by molar-refractivity contribution is 5.43. The normalized spacial score (nSPS) is 23.6. The minimum atomic E-state index is -0.637. The van der Waals surface area contributed by atoms with Crippen molar-refractivity contribution in [3.63, 3.8) is 0 Å². The first-order valence-electron chi connectivity index (χ1n) is 7.65. The predicted octanol–water partition coefficient (Wildman–Crippen LogP) is 3.33. The molecule has 1 aromatic carbocycles. The molecule has 1 aliphatic rings. The Morgan fingerprint density at radius 1 is 1.19 bits per heavy atom. The molecule has 1 fully saturated rings. The van der Waals surface area contributed by atoms with Gasteiger partial charge in [0.15, 0.2) is 11.5 Å². The summed E-state index contributed by atoms with van der Waals surface area (Å²) >= 11 is 0. The van der Waals surface area contributed by atoms with Gasteiger partial charge in [-0.2, -0.15) is 0 Å². The Bertz CT molecular complexity index is 446. The number of aliphatic hydroxyl groups is 1. The first-order valence-corrected chi connectivity index (χ1v) is 7.65. The van der Waals surface area contributed by atoms with Crippen molar-refractivity contribution < 1.29 is 19.3 Å². The Morgan fingerprint density at radius 2 is 1.95 bits per heavy atom. The maximum Gasteiger partial charge on any atom is 0.161 e. The Balaban J connectivity index is 1.92. The van der Waals surface area contributed by atoms with Crippen molar-refractivity contribution in [1.29, 1.82) is 0 Å². The van der Waals surface area contributed by atoms with Gasteiger partial charge in [0.2, 0.25) is 0 Å². The van der Waals surface area contributed by atoms with E-state index in [0.717, 1.165) is 24.3 Å². The number of methoxy groups -OCH3 is 2. The van der Waals surface area contributed by atoms with E-state index in [0.29, 0.717) is 18.1 Å². The Morgan fingerprint density at radius 3 is 2.62 bits per heavy atom. The Kier molecular flexibility index (Phi) is 5.88. The standard InChI is InChI=1S/C17H26O4/c1-12-5-4-6-14(9-12)21-11-15(18)13-7-8-16(19-2)17(10-13)20-3/h7-8,10,12,14-15,18H,4-6,9,11H2,1-3H3. The first kappa shape index (κ1) is 16.1. The van der Waals surface area contributed by atoms with Crippen LogP contribution >= 0.6 is 0 Å². The molecule has 3 atom stereocenters. The lowest BCUT2D eigenvalue weighted by atomic mass is 9.89. The molecule has 1 N–H and O–H groups in total. The predicted molar refractivity (Wildman–Crippen MR) is 81.9 cm³/mol. The molecule has 0 heterocycles. The molecule has 1 saturated carbocycles. The maximum absolute atomic E-state index is 10.3. The summed E-state index contributed by atoms with van der Waals surface area (Å²) in [4.78, 5) is 0. The molecule has 3 unspecified atom stereocenters. The number of benzene rings is 1. The molecule has 21 heavy (non-hydrogen) atoms. The minimum absolute atomic E-state index is 0.281. The summed E-state index contributed by atoms with van der Waals surface area (Å²) in [6.45, 7) is 2.59. The van der Waals surface area contributed by atoms with Gasteiger partial charge in [0.25, 0.3) is 0 Å². The minimum Gasteiger partial charge on any atom is -0.493 e. The van der Waals surface area contributed by atoms with Crippen LogP contribution in [0.15, 0.2) is 18.2 Å². The fraction of sp³-hybridized carbons (Fsp3) is 0.647. The molecule has 2 rings (SSSR count). The molecule has 1 aromatic rings. The van der Waals surface area contributed by atoms with Crippen molar-refractivity contribution in [2.75, 3.05) is 20.8 Å². The molecule has 118 valence electrons. The first-order chi connectivity index (χ1) is 10.1. The van der Waals surface area contributed by atoms with E-state index in [1.165, 1.54) is 12.8 Å². The molecule has 0 spiro atoms. The molecule has 0 aromatic heterocycles. The van der Waals surface area contributed by atoms with Gasteiger partial charge in [-0.3, -0.25) is 0 Å². The third kappa shape index (κ3) is 4.35. The second kappa shape index (κ2) is 7.66. The molecular weight excluding hydrogens is 268 g/mol. The average Bonchev–Trinajstić information content (AvgIpc) is 2.52. The number of aliphatic hydroxyl groups excluding tert-OH is 1. The van der Waals surface area contributed by atoms with Gasteiger partial charge in [0.1, 0.15) is 6.10 Å². The van der Waals surface area contributed by atoms with Crippen LogP contribution in [0.25, 0.3) is 0 Å². The molecular formula is C17H26O4. The molecule has 0 radical (unpaired) electrons. The Labute approximate surface area is 127 Å². The summed E-state index contributed by atoms with van der Waals surface area (Å²) in [6.07, 6.45) is 4.35. The van der Waals surface area contributed by atoms with Crippen LogP contribution in [0.3, 0.4) is 0 Å². The van der Waals surface area contributed by atoms with Crippen LogP contribution in [0.1, 0.15) is 44.3 Å². The van der Waals surface area contributed by atoms with Crippen LogP contribution in [0.5, 0.6) is 11.5 Å². The fourth-order valence-corrected chi connectivity index (χ4v) is 2.91. The van der Waals surface area contributed by atoms with Gasteiger partial charge in [0.05, 0.1) is 26.9 Å². The molecule has 1 aliphatic carbocycles. The van der Waals surface area contributed by atoms with E-state index in [-0.39, 0.29) is 6.10 Å². The lowest BCUT2D eigenvalue weighted by Gasteiger charge is -2.27. The summed E-state index contributed by atoms with van der Waals surface area (Å²) < 4.78 is 16.3. The largest absolute Gasteiger partial charge is 0.493 e. The second-order valence-corrected chi connectivity index (χ2v) is 5.86. The maximum atomic E-state index is 10.3. The summed E-state index contributed by atoms with van der Waals surface area (Å²) in [5, 5.41) is 10.3. The lowest BCUT2D eigenvalue weighted by Crippen LogP contribution is -2.23. The second-order valence-electron chi connectivity index (χ2n) is 5.86. The van der Waals surface area contributed by atoms with Crippen LogP contribution in [0.4, 0.5) is 0 Å². The topological polar surface area (TPSA) is 47.9 Å². The van der Waals surface area contributed by atoms with Gasteiger partial charge in [-0.15, -0.1) is 0 Å². The zero-order chi connectivity index (χ0) is 15.2. The van der Waals surface area contributed by atoms with Gasteiger partial charge in [-0.25, -0.2) is 0 Å². The summed E-state index contributed by atoms with van der Waals surface area (Å²) in [7, 11) is 3.19. The third-order valence-electron chi connectivity index (χ3n) is 4.17. The van der Waals surface area contributed by atoms with Gasteiger partial charge in [0, 0.05) is 0 Å². The van der Waals surface area contributed by atoms with Gasteiger partial charge in [-0.05, 0) is 36.5 Å². The van der Waals surface area contributed by atoms with E-state index in [1.807, 2.05) is 6.07 Å². The van der Waals surface area contributed by atoms with E-state index in [4.69, 9.17) is 14.2 Å². The van der Waals surface area contributed by atoms with Crippen molar-refractivity contribution >= 4 is 0 Å². The van der Waals surface area contributed by atoms with Crippen LogP contribution in [0, 0.1) is 5.92 Å². The van der Waals surface area contributed by atoms with Crippen molar-refractivity contribution in [2.24, 2.45) is 5.92 Å². The van der Waals surface area contributed by atoms with E-state index in [2.05, 4.69) is 6.92 Å². The highest BCUT2D eigenvalue weighted by Gasteiger charge is 2.21. The average molecular weight is 294 g/mol. The van der Waals surface area contributed by atoms with Crippen LogP contribution in [-0.4, -0.2) is 32.0 Å². The van der Waals surface area contributed by atoms with Crippen molar-refractivity contribution in [2.45, 2.75) is 44.8 Å². The summed E-state index contributed by atoms with van der Waals surface area (Å²) in [5.74, 6) is 2.01. The summed E-state index contributed by atoms with van der Waals surface area (Å²) in [6, 6.07) is 5.45. The number of rotatable bonds is 6. The molecule has 0 bridgehead atoms. The molecule has 4 heteroatoms. The highest BCUT2D eigenvalue weighted by atomic mass is 16.5. The van der Waals surface area contributed by atoms with E-state index >= 15 is 0 Å². The van der Waals surface area contributed by atoms with Crippen LogP contribution in [0.2, 0.25) is 0 Å². The third-order valence-corrected chi connectivity index (χ3v) is 4.17. The van der Waals surface area contributed by atoms with Gasteiger partial charge >= 0.3 is 0 Å². The van der Waals surface area contributed by atoms with E-state index < -0.39 is 6.10 Å². The van der Waals surface area contributed by atoms with Crippen LogP contribution in [-0.2, 0) is 4.74 Å². The molecule has 0 aliphatic heterocycles. The van der Waals surface area contributed by atoms with Gasteiger partial charge < -0.3 is 19.3 Å². The number of hydrogen-bond donors (Lipinski definition) is 1. The van der Waals surface area contributed by atoms with E-state index in [1.54, 1.807) is 26.4 Å². The smallest absolute Gasteiger partial charge is 0.161 e. The van der Waals surface area contributed by atoms with Crippen molar-refractivity contribution in [3.8, 4) is 11.5 Å². The zero-order valence-electron chi connectivity index (χ0n) is 13.2. The molecule has 0 saturated heterocycles. The van der Waals surface area contributed by atoms with E-state index in [9.17, 15) is 5.11 Å². The monoisotopic (exact) mass is 294 g/mol. The van der Waals surface area contributed by atoms with Crippen molar-refractivity contribution in [3.05, 3.63) is 23.8 Å².